The summed E-state index contributed by atoms with van der Waals surface area (Å²) >= 11 is 6.75. The molecule has 0 radical (unpaired) electrons. The van der Waals surface area contributed by atoms with Crippen molar-refractivity contribution in [3.63, 3.8) is 0 Å². The molecule has 1 unspecified atom stereocenters. The largest absolute Gasteiger partial charge is 0.347 e. The van der Waals surface area contributed by atoms with E-state index in [0.717, 1.165) is 21.2 Å². The second-order valence-electron chi connectivity index (χ2n) is 4.07. The Kier molecular flexibility index (Phi) is 4.76. The first kappa shape index (κ1) is 14.3. The second kappa shape index (κ2) is 6.34. The molecule has 0 aliphatic rings. The topological polar surface area (TPSA) is 57.8 Å². The molecular formula is C13H13Br2N3O. The van der Waals surface area contributed by atoms with Crippen LogP contribution in [0.4, 0.5) is 0 Å². The maximum Gasteiger partial charge on any atom is 0.251 e. The summed E-state index contributed by atoms with van der Waals surface area (Å²) in [4.78, 5) is 19.4. The summed E-state index contributed by atoms with van der Waals surface area (Å²) in [7, 11) is 0. The molecule has 1 aromatic carbocycles. The zero-order valence-electron chi connectivity index (χ0n) is 10.3. The van der Waals surface area contributed by atoms with Gasteiger partial charge in [-0.15, -0.1) is 0 Å². The highest BCUT2D eigenvalue weighted by Gasteiger charge is 2.16. The van der Waals surface area contributed by atoms with Gasteiger partial charge in [0.15, 0.2) is 0 Å². The van der Waals surface area contributed by atoms with E-state index in [9.17, 15) is 4.79 Å². The van der Waals surface area contributed by atoms with E-state index in [1.54, 1.807) is 24.5 Å². The number of halogens is 2. The molecule has 1 atom stereocenters. The molecule has 2 aromatic rings. The molecule has 2 rings (SSSR count). The summed E-state index contributed by atoms with van der Waals surface area (Å²) in [6, 6.07) is 5.35. The van der Waals surface area contributed by atoms with Gasteiger partial charge >= 0.3 is 0 Å². The van der Waals surface area contributed by atoms with Crippen molar-refractivity contribution in [2.24, 2.45) is 0 Å². The lowest BCUT2D eigenvalue weighted by molar-refractivity contribution is 0.0933. The number of nitrogens with one attached hydrogen (secondary N) is 2. The SMILES string of the molecule is CCC(NC(=O)c1cc(Br)cc(Br)c1)c1ncc[nH]1. The fraction of sp³-hybridized carbons (Fsp3) is 0.231. The molecule has 1 aromatic heterocycles. The van der Waals surface area contributed by atoms with E-state index >= 15 is 0 Å². The van der Waals surface area contributed by atoms with E-state index in [-0.39, 0.29) is 11.9 Å². The number of aromatic amines is 1. The fourth-order valence-electron chi connectivity index (χ4n) is 1.76. The molecule has 100 valence electrons. The molecule has 4 nitrogen and oxygen atoms in total. The summed E-state index contributed by atoms with van der Waals surface area (Å²) in [5, 5.41) is 2.97. The average molecular weight is 387 g/mol. The molecule has 6 heteroatoms. The van der Waals surface area contributed by atoms with Gasteiger partial charge in [0.05, 0.1) is 6.04 Å². The maximum absolute atomic E-state index is 12.2. The number of hydrogen-bond acceptors (Lipinski definition) is 2. The van der Waals surface area contributed by atoms with Gasteiger partial charge in [0.25, 0.3) is 5.91 Å². The molecule has 19 heavy (non-hydrogen) atoms. The first-order valence-corrected chi connectivity index (χ1v) is 7.45. The van der Waals surface area contributed by atoms with Crippen molar-refractivity contribution in [3.8, 4) is 0 Å². The molecule has 0 saturated heterocycles. The predicted octanol–water partition coefficient (Wildman–Crippen LogP) is 3.82. The molecule has 0 aliphatic carbocycles. The van der Waals surface area contributed by atoms with Crippen LogP contribution in [0.1, 0.15) is 35.6 Å². The van der Waals surface area contributed by atoms with Crippen molar-refractivity contribution in [3.05, 3.63) is 50.9 Å². The summed E-state index contributed by atoms with van der Waals surface area (Å²) in [6.45, 7) is 2.00. The lowest BCUT2D eigenvalue weighted by Gasteiger charge is -2.15. The van der Waals surface area contributed by atoms with E-state index in [1.807, 2.05) is 13.0 Å². The average Bonchev–Trinajstić information content (AvgIpc) is 2.88. The van der Waals surface area contributed by atoms with Crippen molar-refractivity contribution in [1.29, 1.82) is 0 Å². The smallest absolute Gasteiger partial charge is 0.251 e. The zero-order valence-corrected chi connectivity index (χ0v) is 13.5. The van der Waals surface area contributed by atoms with Crippen LogP contribution in [0.15, 0.2) is 39.5 Å². The van der Waals surface area contributed by atoms with Gasteiger partial charge in [-0.1, -0.05) is 38.8 Å². The third-order valence-electron chi connectivity index (χ3n) is 2.69. The molecule has 2 N–H and O–H groups in total. The molecule has 1 amide bonds. The number of nitrogens with zero attached hydrogens (tertiary/aromatic N) is 1. The summed E-state index contributed by atoms with van der Waals surface area (Å²) in [5.74, 6) is 0.648. The highest BCUT2D eigenvalue weighted by molar-refractivity contribution is 9.11. The Balaban J connectivity index is 2.15. The van der Waals surface area contributed by atoms with Crippen molar-refractivity contribution in [2.45, 2.75) is 19.4 Å². The molecule has 0 spiro atoms. The third kappa shape index (κ3) is 3.67. The molecular weight excluding hydrogens is 374 g/mol. The second-order valence-corrected chi connectivity index (χ2v) is 5.90. The van der Waals surface area contributed by atoms with Gasteiger partial charge in [-0.05, 0) is 24.6 Å². The van der Waals surface area contributed by atoms with Crippen molar-refractivity contribution < 1.29 is 4.79 Å². The fourth-order valence-corrected chi connectivity index (χ4v) is 3.05. The van der Waals surface area contributed by atoms with Gasteiger partial charge in [-0.3, -0.25) is 4.79 Å². The minimum Gasteiger partial charge on any atom is -0.347 e. The first-order chi connectivity index (χ1) is 9.10. The van der Waals surface area contributed by atoms with Crippen LogP contribution in [0.5, 0.6) is 0 Å². The number of carbonyl (C=O) groups excluding carboxylic acids is 1. The Labute approximate surface area is 128 Å². The van der Waals surface area contributed by atoms with Gasteiger partial charge < -0.3 is 10.3 Å². The Morgan fingerprint density at radius 1 is 1.37 bits per heavy atom. The van der Waals surface area contributed by atoms with Crippen LogP contribution in [0.3, 0.4) is 0 Å². The lowest BCUT2D eigenvalue weighted by Crippen LogP contribution is -2.28. The van der Waals surface area contributed by atoms with Gasteiger partial charge in [-0.25, -0.2) is 4.98 Å². The quantitative estimate of drug-likeness (QED) is 0.839. The van der Waals surface area contributed by atoms with Crippen LogP contribution >= 0.6 is 31.9 Å². The Morgan fingerprint density at radius 2 is 2.05 bits per heavy atom. The van der Waals surface area contributed by atoms with E-state index in [4.69, 9.17) is 0 Å². The highest BCUT2D eigenvalue weighted by atomic mass is 79.9. The van der Waals surface area contributed by atoms with Gasteiger partial charge in [0.2, 0.25) is 0 Å². The number of hydrogen-bond donors (Lipinski definition) is 2. The Hall–Kier alpha value is -1.14. The summed E-state index contributed by atoms with van der Waals surface area (Å²) < 4.78 is 1.72. The number of carbonyl (C=O) groups is 1. The van der Waals surface area contributed by atoms with Crippen LogP contribution in [0, 0.1) is 0 Å². The number of rotatable bonds is 4. The monoisotopic (exact) mass is 385 g/mol. The Bertz CT molecular complexity index is 549. The zero-order chi connectivity index (χ0) is 13.8. The van der Waals surface area contributed by atoms with E-state index in [0.29, 0.717) is 5.56 Å². The normalized spacial score (nSPS) is 12.2. The van der Waals surface area contributed by atoms with Gasteiger partial charge in [-0.2, -0.15) is 0 Å². The standard InChI is InChI=1S/C13H13Br2N3O/c1-2-11(12-16-3-4-17-12)18-13(19)8-5-9(14)7-10(15)6-8/h3-7,11H,2H2,1H3,(H,16,17)(H,18,19). The van der Waals surface area contributed by atoms with Gasteiger partial charge in [0.1, 0.15) is 5.82 Å². The summed E-state index contributed by atoms with van der Waals surface area (Å²) in [6.07, 6.45) is 4.20. The van der Waals surface area contributed by atoms with E-state index < -0.39 is 0 Å². The van der Waals surface area contributed by atoms with Gasteiger partial charge in [0, 0.05) is 26.9 Å². The molecule has 1 heterocycles. The molecule has 0 fully saturated rings. The van der Waals surface area contributed by atoms with E-state index in [2.05, 4.69) is 47.1 Å². The number of H-pyrrole nitrogens is 1. The van der Waals surface area contributed by atoms with E-state index in [1.165, 1.54) is 0 Å². The van der Waals surface area contributed by atoms with Crippen LogP contribution in [-0.2, 0) is 0 Å². The van der Waals surface area contributed by atoms with Crippen LogP contribution in [-0.4, -0.2) is 15.9 Å². The molecule has 0 aliphatic heterocycles. The van der Waals surface area contributed by atoms with Crippen LogP contribution in [0.2, 0.25) is 0 Å². The van der Waals surface area contributed by atoms with Crippen LogP contribution in [0.25, 0.3) is 0 Å². The third-order valence-corrected chi connectivity index (χ3v) is 3.60. The highest BCUT2D eigenvalue weighted by Crippen LogP contribution is 2.21. The van der Waals surface area contributed by atoms with Crippen LogP contribution < -0.4 is 5.32 Å². The number of amides is 1. The Morgan fingerprint density at radius 3 is 2.58 bits per heavy atom. The minimum absolute atomic E-state index is 0.111. The minimum atomic E-state index is -0.120. The number of imidazole rings is 1. The van der Waals surface area contributed by atoms with Crippen molar-refractivity contribution in [2.75, 3.05) is 0 Å². The number of benzene rings is 1. The van der Waals surface area contributed by atoms with Crippen molar-refractivity contribution in [1.82, 2.24) is 15.3 Å². The first-order valence-electron chi connectivity index (χ1n) is 5.86. The predicted molar refractivity (Wildman–Crippen MR) is 80.9 cm³/mol. The van der Waals surface area contributed by atoms with Crippen molar-refractivity contribution >= 4 is 37.8 Å². The lowest BCUT2D eigenvalue weighted by atomic mass is 10.1. The molecule has 0 bridgehead atoms. The molecule has 0 saturated carbocycles. The number of aromatic nitrogens is 2. The maximum atomic E-state index is 12.2. The summed E-state index contributed by atoms with van der Waals surface area (Å²) in [5.41, 5.74) is 0.603.